The quantitative estimate of drug-likeness (QED) is 0.829. The van der Waals surface area contributed by atoms with Crippen molar-refractivity contribution in [2.45, 2.75) is 12.3 Å². The molecule has 0 unspecified atom stereocenters. The van der Waals surface area contributed by atoms with E-state index in [1.54, 1.807) is 11.8 Å². The lowest BCUT2D eigenvalue weighted by Gasteiger charge is -2.36. The number of urea groups is 1. The van der Waals surface area contributed by atoms with Gasteiger partial charge in [0.05, 0.1) is 5.75 Å². The Balaban J connectivity index is 1.53. The second-order valence-corrected chi connectivity index (χ2v) is 7.91. The SMILES string of the molecule is CCNC(=O)N1CCN(CCN2C(=O)CS[C@@H]2c2ccccc2Cl)CC1. The van der Waals surface area contributed by atoms with E-state index in [0.29, 0.717) is 23.9 Å². The Morgan fingerprint density at radius 3 is 2.65 bits per heavy atom. The minimum Gasteiger partial charge on any atom is -0.338 e. The minimum absolute atomic E-state index is 0.00665. The Kier molecular flexibility index (Phi) is 6.67. The smallest absolute Gasteiger partial charge is 0.317 e. The predicted octanol–water partition coefficient (Wildman–Crippen LogP) is 2.26. The Morgan fingerprint density at radius 1 is 1.23 bits per heavy atom. The van der Waals surface area contributed by atoms with E-state index in [9.17, 15) is 9.59 Å². The summed E-state index contributed by atoms with van der Waals surface area (Å²) in [7, 11) is 0. The highest BCUT2D eigenvalue weighted by atomic mass is 35.5. The maximum atomic E-state index is 12.3. The molecule has 3 rings (SSSR count). The summed E-state index contributed by atoms with van der Waals surface area (Å²) in [5, 5.41) is 3.54. The fraction of sp³-hybridized carbons (Fsp3) is 0.556. The molecule has 2 aliphatic heterocycles. The van der Waals surface area contributed by atoms with Crippen molar-refractivity contribution in [2.24, 2.45) is 0 Å². The number of carbonyl (C=O) groups excluding carboxylic acids is 2. The van der Waals surface area contributed by atoms with Crippen LogP contribution in [0.15, 0.2) is 24.3 Å². The number of benzene rings is 1. The fourth-order valence-electron chi connectivity index (χ4n) is 3.32. The van der Waals surface area contributed by atoms with Crippen molar-refractivity contribution in [2.75, 3.05) is 51.6 Å². The number of hydrogen-bond donors (Lipinski definition) is 1. The number of halogens is 1. The number of thioether (sulfide) groups is 1. The van der Waals surface area contributed by atoms with Gasteiger partial charge in [0, 0.05) is 56.4 Å². The molecule has 1 aromatic rings. The summed E-state index contributed by atoms with van der Waals surface area (Å²) in [5.41, 5.74) is 1.01. The average Bonchev–Trinajstić information content (AvgIpc) is 3.01. The second-order valence-electron chi connectivity index (χ2n) is 6.44. The van der Waals surface area contributed by atoms with Crippen LogP contribution in [0, 0.1) is 0 Å². The number of nitrogens with zero attached hydrogens (tertiary/aromatic N) is 3. The highest BCUT2D eigenvalue weighted by Gasteiger charge is 2.34. The first-order valence-electron chi connectivity index (χ1n) is 9.00. The van der Waals surface area contributed by atoms with Gasteiger partial charge in [-0.3, -0.25) is 9.69 Å². The summed E-state index contributed by atoms with van der Waals surface area (Å²) in [5.74, 6) is 0.668. The number of amides is 3. The first-order chi connectivity index (χ1) is 12.6. The Labute approximate surface area is 163 Å². The van der Waals surface area contributed by atoms with Crippen molar-refractivity contribution in [1.82, 2.24) is 20.0 Å². The van der Waals surface area contributed by atoms with E-state index in [1.165, 1.54) is 0 Å². The van der Waals surface area contributed by atoms with E-state index in [4.69, 9.17) is 11.6 Å². The molecule has 26 heavy (non-hydrogen) atoms. The molecule has 2 saturated heterocycles. The molecule has 2 aliphatic rings. The van der Waals surface area contributed by atoms with Crippen molar-refractivity contribution < 1.29 is 9.59 Å². The number of hydrogen-bond acceptors (Lipinski definition) is 4. The van der Waals surface area contributed by atoms with Crippen LogP contribution in [-0.2, 0) is 4.79 Å². The van der Waals surface area contributed by atoms with Gasteiger partial charge in [0.2, 0.25) is 5.91 Å². The molecule has 0 saturated carbocycles. The van der Waals surface area contributed by atoms with E-state index in [-0.39, 0.29) is 17.3 Å². The molecule has 8 heteroatoms. The van der Waals surface area contributed by atoms with Gasteiger partial charge < -0.3 is 15.1 Å². The standard InChI is InChI=1S/C18H25ClN4O2S/c1-2-20-18(25)22-10-7-21(8-11-22)9-12-23-16(24)13-26-17(23)14-5-3-4-6-15(14)19/h3-6,17H,2,7-13H2,1H3,(H,20,25)/t17-/m1/s1. The predicted molar refractivity (Wildman–Crippen MR) is 105 cm³/mol. The van der Waals surface area contributed by atoms with Crippen LogP contribution in [0.2, 0.25) is 5.02 Å². The summed E-state index contributed by atoms with van der Waals surface area (Å²) in [4.78, 5) is 30.3. The molecule has 142 valence electrons. The van der Waals surface area contributed by atoms with Gasteiger partial charge in [0.25, 0.3) is 0 Å². The molecule has 0 aliphatic carbocycles. The minimum atomic E-state index is -0.00665. The van der Waals surface area contributed by atoms with Gasteiger partial charge in [-0.05, 0) is 13.0 Å². The summed E-state index contributed by atoms with van der Waals surface area (Å²) in [6, 6.07) is 7.75. The van der Waals surface area contributed by atoms with Gasteiger partial charge in [-0.2, -0.15) is 0 Å². The van der Waals surface area contributed by atoms with Crippen molar-refractivity contribution in [3.63, 3.8) is 0 Å². The number of piperazine rings is 1. The van der Waals surface area contributed by atoms with E-state index >= 15 is 0 Å². The lowest BCUT2D eigenvalue weighted by atomic mass is 10.2. The molecule has 1 aromatic carbocycles. The largest absolute Gasteiger partial charge is 0.338 e. The summed E-state index contributed by atoms with van der Waals surface area (Å²) < 4.78 is 0. The van der Waals surface area contributed by atoms with Crippen LogP contribution in [0.1, 0.15) is 17.9 Å². The van der Waals surface area contributed by atoms with E-state index in [0.717, 1.165) is 38.3 Å². The van der Waals surface area contributed by atoms with Crippen molar-refractivity contribution in [3.8, 4) is 0 Å². The molecule has 2 fully saturated rings. The molecule has 1 N–H and O–H groups in total. The van der Waals surface area contributed by atoms with Gasteiger partial charge in [-0.25, -0.2) is 4.79 Å². The van der Waals surface area contributed by atoms with Crippen LogP contribution >= 0.6 is 23.4 Å². The van der Waals surface area contributed by atoms with Crippen molar-refractivity contribution in [1.29, 1.82) is 0 Å². The maximum absolute atomic E-state index is 12.3. The van der Waals surface area contributed by atoms with Crippen LogP contribution in [0.25, 0.3) is 0 Å². The van der Waals surface area contributed by atoms with E-state index < -0.39 is 0 Å². The zero-order chi connectivity index (χ0) is 18.5. The Bertz CT molecular complexity index is 652. The molecular weight excluding hydrogens is 372 g/mol. The van der Waals surface area contributed by atoms with E-state index in [2.05, 4.69) is 10.2 Å². The third-order valence-corrected chi connectivity index (χ3v) is 6.37. The molecule has 2 heterocycles. The molecule has 0 aromatic heterocycles. The van der Waals surface area contributed by atoms with Crippen LogP contribution in [0.5, 0.6) is 0 Å². The number of rotatable bonds is 5. The zero-order valence-corrected chi connectivity index (χ0v) is 16.6. The maximum Gasteiger partial charge on any atom is 0.317 e. The van der Waals surface area contributed by atoms with Crippen LogP contribution in [0.3, 0.4) is 0 Å². The van der Waals surface area contributed by atoms with Gasteiger partial charge in [-0.15, -0.1) is 11.8 Å². The molecule has 0 radical (unpaired) electrons. The van der Waals surface area contributed by atoms with Crippen LogP contribution in [-0.4, -0.2) is 78.2 Å². The first-order valence-corrected chi connectivity index (χ1v) is 10.4. The third kappa shape index (κ3) is 4.45. The number of carbonyl (C=O) groups is 2. The van der Waals surface area contributed by atoms with Gasteiger partial charge in [0.1, 0.15) is 5.37 Å². The van der Waals surface area contributed by atoms with Gasteiger partial charge in [0.15, 0.2) is 0 Å². The van der Waals surface area contributed by atoms with Crippen LogP contribution < -0.4 is 5.32 Å². The second kappa shape index (κ2) is 8.97. The van der Waals surface area contributed by atoms with Crippen molar-refractivity contribution >= 4 is 35.3 Å². The topological polar surface area (TPSA) is 55.9 Å². The normalized spacial score (nSPS) is 21.3. The summed E-state index contributed by atoms with van der Waals surface area (Å²) in [6.07, 6.45) is 0. The molecule has 6 nitrogen and oxygen atoms in total. The molecular formula is C18H25ClN4O2S. The van der Waals surface area contributed by atoms with Crippen LogP contribution in [0.4, 0.5) is 4.79 Å². The lowest BCUT2D eigenvalue weighted by molar-refractivity contribution is -0.128. The number of nitrogens with one attached hydrogen (secondary N) is 1. The average molecular weight is 397 g/mol. The lowest BCUT2D eigenvalue weighted by Crippen LogP contribution is -2.52. The molecule has 1 atom stereocenters. The fourth-order valence-corrected chi connectivity index (χ4v) is 4.87. The van der Waals surface area contributed by atoms with Gasteiger partial charge >= 0.3 is 6.03 Å². The summed E-state index contributed by atoms with van der Waals surface area (Å²) >= 11 is 7.97. The first kappa shape index (κ1) is 19.3. The molecule has 3 amide bonds. The van der Waals surface area contributed by atoms with Crippen molar-refractivity contribution in [3.05, 3.63) is 34.9 Å². The highest BCUT2D eigenvalue weighted by Crippen LogP contribution is 2.41. The summed E-state index contributed by atoms with van der Waals surface area (Å²) in [6.45, 7) is 7.20. The monoisotopic (exact) mass is 396 g/mol. The van der Waals surface area contributed by atoms with E-state index in [1.807, 2.05) is 41.0 Å². The Hall–Kier alpha value is -1.44. The Morgan fingerprint density at radius 2 is 1.96 bits per heavy atom. The van der Waals surface area contributed by atoms with Gasteiger partial charge in [-0.1, -0.05) is 29.8 Å². The third-order valence-electron chi connectivity index (χ3n) is 4.78. The molecule has 0 bridgehead atoms. The zero-order valence-electron chi connectivity index (χ0n) is 15.0. The molecule has 0 spiro atoms. The highest BCUT2D eigenvalue weighted by molar-refractivity contribution is 8.00.